The quantitative estimate of drug-likeness (QED) is 0.429. The summed E-state index contributed by atoms with van der Waals surface area (Å²) >= 11 is 6.02. The molecule has 1 spiro atoms. The first kappa shape index (κ1) is 27.8. The highest BCUT2D eigenvalue weighted by atomic mass is 35.5. The number of benzene rings is 1. The van der Waals surface area contributed by atoms with Crippen LogP contribution in [0.5, 0.6) is 5.88 Å². The molecule has 2 fully saturated rings. The normalized spacial score (nSPS) is 20.4. The Morgan fingerprint density at radius 2 is 1.95 bits per heavy atom. The second-order valence-electron chi connectivity index (χ2n) is 10.8. The fraction of sp³-hybridized carbons (Fsp3) is 0.433. The van der Waals surface area contributed by atoms with E-state index < -0.39 is 17.2 Å². The van der Waals surface area contributed by atoms with E-state index in [2.05, 4.69) is 10.3 Å². The summed E-state index contributed by atoms with van der Waals surface area (Å²) in [6.45, 7) is 4.85. The molecule has 2 aromatic heterocycles. The van der Waals surface area contributed by atoms with E-state index in [9.17, 15) is 18.0 Å². The van der Waals surface area contributed by atoms with Crippen LogP contribution in [0.25, 0.3) is 11.3 Å². The molecule has 1 unspecified atom stereocenters. The number of fused-ring (bicyclic) bond motifs is 2. The van der Waals surface area contributed by atoms with Crippen molar-refractivity contribution in [2.45, 2.75) is 50.4 Å². The van der Waals surface area contributed by atoms with Crippen LogP contribution in [0.4, 0.5) is 18.9 Å². The minimum atomic E-state index is -4.59. The van der Waals surface area contributed by atoms with Gasteiger partial charge in [-0.3, -0.25) is 9.78 Å². The van der Waals surface area contributed by atoms with E-state index in [4.69, 9.17) is 21.3 Å². The third-order valence-corrected chi connectivity index (χ3v) is 8.83. The number of carbonyl (C=O) groups excluding carboxylic acids is 1. The molecule has 2 saturated heterocycles. The number of halogens is 4. The van der Waals surface area contributed by atoms with Gasteiger partial charge in [0, 0.05) is 31.9 Å². The fourth-order valence-corrected chi connectivity index (χ4v) is 6.81. The van der Waals surface area contributed by atoms with Gasteiger partial charge in [0.2, 0.25) is 11.8 Å². The second kappa shape index (κ2) is 10.8. The molecule has 11 heteroatoms. The molecule has 1 N–H and O–H groups in total. The van der Waals surface area contributed by atoms with Gasteiger partial charge in [0.05, 0.1) is 51.8 Å². The van der Waals surface area contributed by atoms with Crippen molar-refractivity contribution in [3.05, 3.63) is 70.5 Å². The van der Waals surface area contributed by atoms with Gasteiger partial charge in [0.15, 0.2) is 0 Å². The molecule has 1 amide bonds. The number of amides is 1. The van der Waals surface area contributed by atoms with Crippen molar-refractivity contribution in [3.8, 4) is 17.1 Å². The van der Waals surface area contributed by atoms with Crippen LogP contribution < -0.4 is 15.0 Å². The monoisotopic (exact) mass is 585 g/mol. The number of nitrogens with zero attached hydrogens (tertiary/aromatic N) is 4. The van der Waals surface area contributed by atoms with Crippen LogP contribution in [0.3, 0.4) is 0 Å². The molecular formula is C30H31ClF3N5O2. The zero-order valence-electron chi connectivity index (χ0n) is 22.7. The van der Waals surface area contributed by atoms with E-state index in [1.807, 2.05) is 36.1 Å². The number of pyridine rings is 2. The van der Waals surface area contributed by atoms with E-state index in [0.717, 1.165) is 29.8 Å². The Bertz CT molecular complexity index is 1450. The van der Waals surface area contributed by atoms with Crippen LogP contribution in [0.1, 0.15) is 43.0 Å². The minimum absolute atomic E-state index is 0.0337. The van der Waals surface area contributed by atoms with E-state index >= 15 is 0 Å². The lowest BCUT2D eigenvalue weighted by atomic mass is 9.68. The molecule has 0 radical (unpaired) electrons. The third-order valence-electron chi connectivity index (χ3n) is 8.52. The van der Waals surface area contributed by atoms with Crippen LogP contribution in [-0.4, -0.2) is 59.6 Å². The molecule has 3 aromatic rings. The maximum atomic E-state index is 14.3. The summed E-state index contributed by atoms with van der Waals surface area (Å²) in [5.41, 5.74) is 1.50. The predicted molar refractivity (Wildman–Crippen MR) is 150 cm³/mol. The summed E-state index contributed by atoms with van der Waals surface area (Å²) in [5, 5.41) is 3.03. The number of carbonyl (C=O) groups is 1. The van der Waals surface area contributed by atoms with Crippen molar-refractivity contribution in [1.29, 1.82) is 0 Å². The highest BCUT2D eigenvalue weighted by Crippen LogP contribution is 2.47. The topological polar surface area (TPSA) is 70.6 Å². The van der Waals surface area contributed by atoms with Crippen LogP contribution in [-0.2, 0) is 22.9 Å². The van der Waals surface area contributed by atoms with Crippen LogP contribution >= 0.6 is 11.6 Å². The lowest BCUT2D eigenvalue weighted by molar-refractivity contribution is -0.143. The highest BCUT2D eigenvalue weighted by molar-refractivity contribution is 6.31. The standard InChI is InChI=1S/C30H31ClF3N5O2/c1-2-41-27-20(5-4-13-36-27)23-9-8-21-24(37-23)18-39(19-10-14-35-17-19)28(40)29(21)11-15-38(16-12-29)25-7-3-6-22(31)26(25)30(32,33)34/h3-9,13,19,35H,2,10-12,14-18H2,1H3. The number of rotatable bonds is 5. The van der Waals surface area contributed by atoms with Gasteiger partial charge in [-0.2, -0.15) is 13.2 Å². The summed E-state index contributed by atoms with van der Waals surface area (Å²) in [7, 11) is 0. The summed E-state index contributed by atoms with van der Waals surface area (Å²) < 4.78 is 47.6. The van der Waals surface area contributed by atoms with Gasteiger partial charge >= 0.3 is 6.18 Å². The van der Waals surface area contributed by atoms with Crippen molar-refractivity contribution < 1.29 is 22.7 Å². The summed E-state index contributed by atoms with van der Waals surface area (Å²) in [6, 6.07) is 11.9. The SMILES string of the molecule is CCOc1ncccc1-c1ccc2c(n1)CN(C1CCNC1)C(=O)C21CCN(c2cccc(Cl)c2C(F)(F)F)CC1. The molecule has 0 aliphatic carbocycles. The lowest BCUT2D eigenvalue weighted by Crippen LogP contribution is -2.58. The third kappa shape index (κ3) is 4.91. The Balaban J connectivity index is 1.38. The average Bonchev–Trinajstić information content (AvgIpc) is 3.50. The van der Waals surface area contributed by atoms with E-state index in [0.29, 0.717) is 44.1 Å². The average molecular weight is 586 g/mol. The molecule has 3 aliphatic heterocycles. The van der Waals surface area contributed by atoms with E-state index in [1.54, 1.807) is 11.1 Å². The van der Waals surface area contributed by atoms with Crippen LogP contribution in [0, 0.1) is 0 Å². The first-order valence-electron chi connectivity index (χ1n) is 13.9. The molecule has 5 heterocycles. The molecule has 1 aromatic carbocycles. The van der Waals surface area contributed by atoms with Crippen LogP contribution in [0.15, 0.2) is 48.7 Å². The van der Waals surface area contributed by atoms with Gasteiger partial charge in [0.1, 0.15) is 0 Å². The molecule has 0 saturated carbocycles. The largest absolute Gasteiger partial charge is 0.477 e. The fourth-order valence-electron chi connectivity index (χ4n) is 6.54. The van der Waals surface area contributed by atoms with Crippen molar-refractivity contribution >= 4 is 23.2 Å². The maximum absolute atomic E-state index is 14.3. The van der Waals surface area contributed by atoms with Crippen LogP contribution in [0.2, 0.25) is 5.02 Å². The van der Waals surface area contributed by atoms with Gasteiger partial charge < -0.3 is 19.9 Å². The molecule has 1 atom stereocenters. The number of anilines is 1. The number of ether oxygens (including phenoxy) is 1. The molecule has 41 heavy (non-hydrogen) atoms. The van der Waals surface area contributed by atoms with Crippen molar-refractivity contribution in [2.24, 2.45) is 0 Å². The molecule has 6 rings (SSSR count). The molecular weight excluding hydrogens is 555 g/mol. The summed E-state index contributed by atoms with van der Waals surface area (Å²) in [6.07, 6.45) is -1.32. The first-order valence-corrected chi connectivity index (χ1v) is 14.3. The number of hydrogen-bond acceptors (Lipinski definition) is 6. The van der Waals surface area contributed by atoms with Gasteiger partial charge in [-0.15, -0.1) is 0 Å². The van der Waals surface area contributed by atoms with Gasteiger partial charge in [-0.1, -0.05) is 23.7 Å². The van der Waals surface area contributed by atoms with Gasteiger partial charge in [-0.25, -0.2) is 4.98 Å². The Morgan fingerprint density at radius 1 is 1.15 bits per heavy atom. The first-order chi connectivity index (χ1) is 19.7. The van der Waals surface area contributed by atoms with Crippen molar-refractivity contribution in [2.75, 3.05) is 37.7 Å². The second-order valence-corrected chi connectivity index (χ2v) is 11.2. The Labute approximate surface area is 241 Å². The van der Waals surface area contributed by atoms with E-state index in [1.165, 1.54) is 18.2 Å². The summed E-state index contributed by atoms with van der Waals surface area (Å²) in [5.74, 6) is 0.530. The number of hydrogen-bond donors (Lipinski definition) is 1. The predicted octanol–water partition coefficient (Wildman–Crippen LogP) is 5.46. The zero-order valence-corrected chi connectivity index (χ0v) is 23.4. The summed E-state index contributed by atoms with van der Waals surface area (Å²) in [4.78, 5) is 27.3. The Kier molecular flexibility index (Phi) is 7.32. The van der Waals surface area contributed by atoms with E-state index in [-0.39, 0.29) is 35.7 Å². The van der Waals surface area contributed by atoms with Crippen molar-refractivity contribution in [3.63, 3.8) is 0 Å². The Hall–Kier alpha value is -3.37. The smallest absolute Gasteiger partial charge is 0.419 e. The number of alkyl halides is 3. The van der Waals surface area contributed by atoms with Gasteiger partial charge in [0.25, 0.3) is 0 Å². The maximum Gasteiger partial charge on any atom is 0.419 e. The minimum Gasteiger partial charge on any atom is -0.477 e. The number of piperidine rings is 1. The molecule has 0 bridgehead atoms. The molecule has 216 valence electrons. The molecule has 3 aliphatic rings. The number of aromatic nitrogens is 2. The number of nitrogens with one attached hydrogen (secondary N) is 1. The van der Waals surface area contributed by atoms with Gasteiger partial charge in [-0.05, 0) is 68.6 Å². The Morgan fingerprint density at radius 3 is 2.66 bits per heavy atom. The highest BCUT2D eigenvalue weighted by Gasteiger charge is 2.51. The lowest BCUT2D eigenvalue weighted by Gasteiger charge is -2.49. The van der Waals surface area contributed by atoms with Crippen molar-refractivity contribution in [1.82, 2.24) is 20.2 Å². The zero-order chi connectivity index (χ0) is 28.8. The molecule has 7 nitrogen and oxygen atoms in total.